The van der Waals surface area contributed by atoms with Crippen molar-refractivity contribution in [1.29, 1.82) is 0 Å². The number of carbonyl (C=O) groups excluding carboxylic acids is 2. The second-order valence-electron chi connectivity index (χ2n) is 8.48. The van der Waals surface area contributed by atoms with Crippen molar-refractivity contribution in [2.24, 2.45) is 11.8 Å². The zero-order valence-electron chi connectivity index (χ0n) is 17.3. The van der Waals surface area contributed by atoms with E-state index in [4.69, 9.17) is 11.6 Å². The van der Waals surface area contributed by atoms with E-state index in [0.717, 1.165) is 16.9 Å². The van der Waals surface area contributed by atoms with E-state index in [2.05, 4.69) is 13.8 Å². The minimum Gasteiger partial charge on any atom is -0.366 e. The number of benzene rings is 2. The number of aryl methyl sites for hydroxylation is 1. The Kier molecular flexibility index (Phi) is 5.41. The first-order valence-electron chi connectivity index (χ1n) is 10.2. The lowest BCUT2D eigenvalue weighted by Crippen LogP contribution is -2.42. The van der Waals surface area contributed by atoms with Gasteiger partial charge < -0.3 is 4.90 Å². The van der Waals surface area contributed by atoms with Gasteiger partial charge in [-0.25, -0.2) is 9.29 Å². The fraction of sp³-hybridized carbons (Fsp3) is 0.333. The summed E-state index contributed by atoms with van der Waals surface area (Å²) in [4.78, 5) is 30.2. The van der Waals surface area contributed by atoms with Crippen molar-refractivity contribution in [3.8, 4) is 0 Å². The first kappa shape index (κ1) is 20.6. The molecule has 2 unspecified atom stereocenters. The summed E-state index contributed by atoms with van der Waals surface area (Å²) in [5, 5.41) is -0.126. The van der Waals surface area contributed by atoms with Crippen LogP contribution in [0.4, 0.5) is 10.1 Å². The minimum absolute atomic E-state index is 0.126. The summed E-state index contributed by atoms with van der Waals surface area (Å²) in [6.07, 6.45) is 1.09. The first-order valence-corrected chi connectivity index (χ1v) is 10.5. The van der Waals surface area contributed by atoms with Gasteiger partial charge in [0.15, 0.2) is 0 Å². The average Bonchev–Trinajstić information content (AvgIpc) is 2.94. The van der Waals surface area contributed by atoms with Crippen LogP contribution >= 0.6 is 11.6 Å². The van der Waals surface area contributed by atoms with Crippen LogP contribution in [0, 0.1) is 24.6 Å². The molecule has 1 saturated heterocycles. The second kappa shape index (κ2) is 7.88. The van der Waals surface area contributed by atoms with E-state index in [1.807, 2.05) is 36.1 Å². The standard InChI is InChI=1S/C24H24ClFN2O2/c1-14-4-6-17(7-5-14)21-22(27-12-15(2)10-16(3)13-27)24(30)28(23(21)29)18-8-9-20(26)19(25)11-18/h4-9,11,15-16H,10,12-13H2,1-3H3. The highest BCUT2D eigenvalue weighted by molar-refractivity contribution is 6.45. The van der Waals surface area contributed by atoms with Gasteiger partial charge in [0.05, 0.1) is 16.3 Å². The number of piperidine rings is 1. The highest BCUT2D eigenvalue weighted by atomic mass is 35.5. The molecule has 0 spiro atoms. The van der Waals surface area contributed by atoms with Crippen LogP contribution in [0.25, 0.3) is 5.57 Å². The van der Waals surface area contributed by atoms with Crippen molar-refractivity contribution < 1.29 is 14.0 Å². The summed E-state index contributed by atoms with van der Waals surface area (Å²) in [7, 11) is 0. The maximum absolute atomic E-state index is 13.7. The molecule has 0 bridgehead atoms. The Hall–Kier alpha value is -2.66. The molecule has 0 aliphatic carbocycles. The Bertz CT molecular complexity index is 1040. The smallest absolute Gasteiger partial charge is 0.282 e. The van der Waals surface area contributed by atoms with Gasteiger partial charge in [0.25, 0.3) is 11.8 Å². The van der Waals surface area contributed by atoms with Gasteiger partial charge in [-0.2, -0.15) is 0 Å². The molecule has 4 nitrogen and oxygen atoms in total. The maximum Gasteiger partial charge on any atom is 0.282 e. The van der Waals surface area contributed by atoms with Crippen LogP contribution in [-0.4, -0.2) is 29.8 Å². The molecule has 2 atom stereocenters. The number of anilines is 1. The molecule has 0 N–H and O–H groups in total. The normalized spacial score (nSPS) is 22.3. The summed E-state index contributed by atoms with van der Waals surface area (Å²) < 4.78 is 13.7. The van der Waals surface area contributed by atoms with Crippen LogP contribution in [0.2, 0.25) is 5.02 Å². The Morgan fingerprint density at radius 3 is 2.20 bits per heavy atom. The Balaban J connectivity index is 1.84. The number of carbonyl (C=O) groups is 2. The van der Waals surface area contributed by atoms with Crippen LogP contribution in [0.3, 0.4) is 0 Å². The first-order chi connectivity index (χ1) is 14.3. The molecule has 2 amide bonds. The summed E-state index contributed by atoms with van der Waals surface area (Å²) in [6.45, 7) is 7.72. The highest BCUT2D eigenvalue weighted by Crippen LogP contribution is 2.38. The summed E-state index contributed by atoms with van der Waals surface area (Å²) in [5.41, 5.74) is 2.86. The number of likely N-dealkylation sites (tertiary alicyclic amines) is 1. The monoisotopic (exact) mass is 426 g/mol. The van der Waals surface area contributed by atoms with E-state index in [1.54, 1.807) is 0 Å². The van der Waals surface area contributed by atoms with Gasteiger partial charge >= 0.3 is 0 Å². The molecule has 0 aromatic heterocycles. The molecule has 2 aromatic rings. The molecule has 156 valence electrons. The molecule has 0 radical (unpaired) electrons. The van der Waals surface area contributed by atoms with Gasteiger partial charge in [0.1, 0.15) is 11.5 Å². The van der Waals surface area contributed by atoms with Crippen LogP contribution in [0.5, 0.6) is 0 Å². The van der Waals surface area contributed by atoms with E-state index in [-0.39, 0.29) is 16.6 Å². The maximum atomic E-state index is 13.7. The van der Waals surface area contributed by atoms with E-state index in [1.165, 1.54) is 18.2 Å². The summed E-state index contributed by atoms with van der Waals surface area (Å²) in [6, 6.07) is 11.5. The SMILES string of the molecule is Cc1ccc(C2=C(N3CC(C)CC(C)C3)C(=O)N(c3ccc(F)c(Cl)c3)C2=O)cc1. The third-order valence-electron chi connectivity index (χ3n) is 5.75. The number of imide groups is 1. The van der Waals surface area contributed by atoms with Gasteiger partial charge in [-0.3, -0.25) is 9.59 Å². The number of halogens is 2. The van der Waals surface area contributed by atoms with Crippen molar-refractivity contribution in [2.45, 2.75) is 27.2 Å². The van der Waals surface area contributed by atoms with Crippen LogP contribution in [0.15, 0.2) is 48.2 Å². The predicted molar refractivity (Wildman–Crippen MR) is 117 cm³/mol. The minimum atomic E-state index is -0.592. The van der Waals surface area contributed by atoms with Crippen LogP contribution < -0.4 is 4.90 Å². The van der Waals surface area contributed by atoms with Crippen molar-refractivity contribution in [2.75, 3.05) is 18.0 Å². The largest absolute Gasteiger partial charge is 0.366 e. The number of hydrogen-bond donors (Lipinski definition) is 0. The number of hydrogen-bond acceptors (Lipinski definition) is 3. The molecule has 1 fully saturated rings. The highest BCUT2D eigenvalue weighted by Gasteiger charge is 2.43. The van der Waals surface area contributed by atoms with Gasteiger partial charge in [0.2, 0.25) is 0 Å². The molecule has 0 saturated carbocycles. The molecule has 30 heavy (non-hydrogen) atoms. The van der Waals surface area contributed by atoms with Crippen molar-refractivity contribution >= 4 is 34.7 Å². The summed E-state index contributed by atoms with van der Waals surface area (Å²) >= 11 is 5.93. The van der Waals surface area contributed by atoms with Crippen molar-refractivity contribution in [1.82, 2.24) is 4.90 Å². The second-order valence-corrected chi connectivity index (χ2v) is 8.89. The topological polar surface area (TPSA) is 40.6 Å². The predicted octanol–water partition coefficient (Wildman–Crippen LogP) is 5.05. The Morgan fingerprint density at radius 2 is 1.60 bits per heavy atom. The Morgan fingerprint density at radius 1 is 0.967 bits per heavy atom. The molecule has 6 heteroatoms. The number of amides is 2. The fourth-order valence-electron chi connectivity index (χ4n) is 4.50. The average molecular weight is 427 g/mol. The van der Waals surface area contributed by atoms with E-state index < -0.39 is 11.7 Å². The third kappa shape index (κ3) is 3.63. The van der Waals surface area contributed by atoms with E-state index in [9.17, 15) is 14.0 Å². The van der Waals surface area contributed by atoms with E-state index in [0.29, 0.717) is 41.8 Å². The zero-order valence-corrected chi connectivity index (χ0v) is 18.0. The molecule has 2 heterocycles. The lowest BCUT2D eigenvalue weighted by atomic mass is 9.91. The number of rotatable bonds is 3. The molecule has 2 aliphatic heterocycles. The molecule has 2 aliphatic rings. The quantitative estimate of drug-likeness (QED) is 0.645. The molecular weight excluding hydrogens is 403 g/mol. The van der Waals surface area contributed by atoms with Gasteiger partial charge in [-0.05, 0) is 48.9 Å². The molecule has 4 rings (SSSR count). The van der Waals surface area contributed by atoms with Gasteiger partial charge in [-0.1, -0.05) is 55.3 Å². The van der Waals surface area contributed by atoms with Gasteiger partial charge in [-0.15, -0.1) is 0 Å². The lowest BCUT2D eigenvalue weighted by Gasteiger charge is -2.37. The van der Waals surface area contributed by atoms with Crippen LogP contribution in [0.1, 0.15) is 31.4 Å². The molecule has 2 aromatic carbocycles. The lowest BCUT2D eigenvalue weighted by molar-refractivity contribution is -0.120. The van der Waals surface area contributed by atoms with E-state index >= 15 is 0 Å². The third-order valence-corrected chi connectivity index (χ3v) is 6.04. The summed E-state index contributed by atoms with van der Waals surface area (Å²) in [5.74, 6) is -0.562. The zero-order chi connectivity index (χ0) is 21.6. The number of nitrogens with zero attached hydrogens (tertiary/aromatic N) is 2. The van der Waals surface area contributed by atoms with Crippen molar-refractivity contribution in [3.05, 3.63) is 70.1 Å². The van der Waals surface area contributed by atoms with Gasteiger partial charge in [0, 0.05) is 13.1 Å². The molecular formula is C24H24ClFN2O2. The Labute approximate surface area is 180 Å². The fourth-order valence-corrected chi connectivity index (χ4v) is 4.67. The van der Waals surface area contributed by atoms with Crippen LogP contribution in [-0.2, 0) is 9.59 Å². The van der Waals surface area contributed by atoms with Crippen molar-refractivity contribution in [3.63, 3.8) is 0 Å².